The van der Waals surface area contributed by atoms with Crippen LogP contribution in [0.3, 0.4) is 0 Å². The van der Waals surface area contributed by atoms with E-state index >= 15 is 0 Å². The van der Waals surface area contributed by atoms with Gasteiger partial charge in [0, 0.05) is 54.3 Å². The number of fused-ring (bicyclic) bond motifs is 6. The molecule has 2 aliphatic carbocycles. The molecule has 7 N–H and O–H groups in total. The molecule has 15 heteroatoms. The van der Waals surface area contributed by atoms with Gasteiger partial charge in [-0.15, -0.1) is 0 Å². The number of Topliss-reactive ketones (excluding diaryl/α,β-unsaturated/α-hetero) is 1. The van der Waals surface area contributed by atoms with E-state index in [4.69, 9.17) is 4.74 Å². The molecule has 0 saturated carbocycles. The van der Waals surface area contributed by atoms with Gasteiger partial charge in [0.05, 0.1) is 10.9 Å². The van der Waals surface area contributed by atoms with Crippen LogP contribution >= 0.6 is 0 Å². The first kappa shape index (κ1) is 38.9. The molecule has 3 aromatic carbocycles. The second-order valence-corrected chi connectivity index (χ2v) is 13.9. The highest BCUT2D eigenvalue weighted by Gasteiger charge is 2.41. The molecule has 2 aliphatic rings. The van der Waals surface area contributed by atoms with Crippen LogP contribution in [0, 0.1) is 30.6 Å². The van der Waals surface area contributed by atoms with Gasteiger partial charge in [-0.1, -0.05) is 42.0 Å². The number of nitrogens with zero attached hydrogens (tertiary/aromatic N) is 2. The van der Waals surface area contributed by atoms with Crippen LogP contribution in [0.5, 0.6) is 5.88 Å². The second-order valence-electron chi connectivity index (χ2n) is 13.9. The molecule has 0 spiro atoms. The van der Waals surface area contributed by atoms with Crippen molar-refractivity contribution >= 4 is 61.9 Å². The number of benzene rings is 3. The lowest BCUT2D eigenvalue weighted by atomic mass is 9.81. The molecule has 2 heterocycles. The molecule has 294 valence electrons. The van der Waals surface area contributed by atoms with Crippen molar-refractivity contribution in [2.75, 3.05) is 18.4 Å². The predicted octanol–water partition coefficient (Wildman–Crippen LogP) is 3.87. The minimum Gasteiger partial charge on any atom is -0.494 e. The number of alkyl carbamates (subject to hydrolysis) is 1. The Balaban J connectivity index is 0.925. The number of aromatic hydroxyl groups is 1. The SMILES string of the molecule is Cc1nc2ccc3ccc(CNc4ccc5c(O)n(C(CCC(=O)NCCNC(=O)OC6C#CC=CC#CC7(O)CCC=C6C7=O)C(=O)O)cc5c4)cc3c2c(=O)[nH]1. The summed E-state index contributed by atoms with van der Waals surface area (Å²) in [5.41, 5.74) is 0.164. The van der Waals surface area contributed by atoms with Crippen LogP contribution < -0.4 is 21.5 Å². The lowest BCUT2D eigenvalue weighted by Crippen LogP contribution is -2.44. The third-order valence-corrected chi connectivity index (χ3v) is 9.93. The number of allylic oxidation sites excluding steroid dienone is 3. The molecular weight excluding hydrogens is 745 g/mol. The fourth-order valence-electron chi connectivity index (χ4n) is 7.03. The van der Waals surface area contributed by atoms with Gasteiger partial charge in [-0.2, -0.15) is 0 Å². The molecule has 2 amide bonds. The van der Waals surface area contributed by atoms with Crippen molar-refractivity contribution in [3.05, 3.63) is 100 Å². The molecule has 3 unspecified atom stereocenters. The number of carbonyl (C=O) groups is 4. The van der Waals surface area contributed by atoms with Crippen LogP contribution in [0.1, 0.15) is 43.1 Å². The number of aromatic nitrogens is 3. The Labute approximate surface area is 330 Å². The zero-order chi connectivity index (χ0) is 41.0. The molecule has 0 saturated heterocycles. The van der Waals surface area contributed by atoms with E-state index in [9.17, 15) is 39.3 Å². The molecule has 0 radical (unpaired) electrons. The van der Waals surface area contributed by atoms with Crippen LogP contribution in [-0.4, -0.2) is 78.4 Å². The van der Waals surface area contributed by atoms with Crippen molar-refractivity contribution in [3.8, 4) is 29.6 Å². The number of ketones is 1. The van der Waals surface area contributed by atoms with Gasteiger partial charge in [0.1, 0.15) is 11.9 Å². The standard InChI is InChI=1S/C43H38N6O9/c1-25-47-33-14-11-27-10-9-26(21-32(27)37(33)39(52)48-25)23-46-29-12-13-30-28(22-29)24-49(40(30)53)34(41(54)55)15-16-36(50)44-19-20-45-42(56)58-35-8-4-2-3-5-17-43(57)18-6-7-31(35)38(43)51/h2-3,7,9-14,21-22,24,34-35,46,53,57H,6,15-16,18-20,23H2,1H3,(H,44,50)(H,45,56)(H,54,55)(H,47,48,52). The van der Waals surface area contributed by atoms with Gasteiger partial charge in [0.15, 0.2) is 17.6 Å². The summed E-state index contributed by atoms with van der Waals surface area (Å²) >= 11 is 0. The Morgan fingerprint density at radius 3 is 2.66 bits per heavy atom. The third-order valence-electron chi connectivity index (χ3n) is 9.93. The van der Waals surface area contributed by atoms with Crippen LogP contribution in [-0.2, 0) is 25.7 Å². The normalized spacial score (nSPS) is 17.7. The average molecular weight is 783 g/mol. The zero-order valence-electron chi connectivity index (χ0n) is 31.2. The molecule has 0 fully saturated rings. The van der Waals surface area contributed by atoms with Gasteiger partial charge in [0.25, 0.3) is 5.56 Å². The quantitative estimate of drug-likeness (QED) is 0.0547. The topological polar surface area (TPSA) is 225 Å². The number of aliphatic carboxylic acids is 1. The summed E-state index contributed by atoms with van der Waals surface area (Å²) in [5, 5.41) is 43.4. The molecular formula is C43H38N6O9. The summed E-state index contributed by atoms with van der Waals surface area (Å²) in [6.07, 6.45) is 3.84. The Hall–Kier alpha value is -7.36. The number of rotatable bonds is 12. The van der Waals surface area contributed by atoms with E-state index in [1.165, 1.54) is 22.9 Å². The van der Waals surface area contributed by atoms with Crippen molar-refractivity contribution in [3.63, 3.8) is 0 Å². The van der Waals surface area contributed by atoms with Crippen molar-refractivity contribution < 1.29 is 39.2 Å². The number of ether oxygens (including phenoxy) is 1. The highest BCUT2D eigenvalue weighted by atomic mass is 16.6. The Bertz CT molecular complexity index is 2760. The van der Waals surface area contributed by atoms with E-state index in [1.807, 2.05) is 30.3 Å². The first-order chi connectivity index (χ1) is 27.9. The fourth-order valence-corrected chi connectivity index (χ4v) is 7.03. The maximum absolute atomic E-state index is 12.9. The largest absolute Gasteiger partial charge is 0.494 e. The molecule has 2 bridgehead atoms. The summed E-state index contributed by atoms with van der Waals surface area (Å²) < 4.78 is 6.59. The monoisotopic (exact) mass is 782 g/mol. The minimum atomic E-state index is -1.90. The number of aryl methyl sites for hydroxylation is 1. The van der Waals surface area contributed by atoms with E-state index in [-0.39, 0.29) is 49.4 Å². The molecule has 7 rings (SSSR count). The lowest BCUT2D eigenvalue weighted by Gasteiger charge is -2.28. The van der Waals surface area contributed by atoms with E-state index in [0.717, 1.165) is 16.3 Å². The number of nitrogens with one attached hydrogen (secondary N) is 4. The number of amides is 2. The van der Waals surface area contributed by atoms with Gasteiger partial charge in [-0.05, 0) is 90.9 Å². The maximum atomic E-state index is 12.9. The number of H-pyrrole nitrogens is 1. The van der Waals surface area contributed by atoms with Crippen molar-refractivity contribution in [2.45, 2.75) is 56.9 Å². The van der Waals surface area contributed by atoms with Gasteiger partial charge in [-0.3, -0.25) is 14.4 Å². The predicted molar refractivity (Wildman–Crippen MR) is 215 cm³/mol. The Kier molecular flexibility index (Phi) is 11.0. The van der Waals surface area contributed by atoms with Crippen molar-refractivity contribution in [1.29, 1.82) is 0 Å². The van der Waals surface area contributed by atoms with Crippen molar-refractivity contribution in [2.24, 2.45) is 0 Å². The van der Waals surface area contributed by atoms with Crippen LogP contribution in [0.15, 0.2) is 83.3 Å². The number of carboxylic acid groups (broad SMARTS) is 1. The number of carbonyl (C=O) groups excluding carboxylic acids is 3. The van der Waals surface area contributed by atoms with Crippen LogP contribution in [0.2, 0.25) is 0 Å². The van der Waals surface area contributed by atoms with Crippen molar-refractivity contribution in [1.82, 2.24) is 25.2 Å². The molecule has 2 aromatic heterocycles. The average Bonchev–Trinajstić information content (AvgIpc) is 3.51. The van der Waals surface area contributed by atoms with Gasteiger partial charge >= 0.3 is 12.1 Å². The minimum absolute atomic E-state index is 0.0128. The third kappa shape index (κ3) is 8.26. The van der Waals surface area contributed by atoms with Gasteiger partial charge < -0.3 is 45.6 Å². The zero-order valence-corrected chi connectivity index (χ0v) is 31.2. The fraction of sp³-hybridized carbons (Fsp3) is 0.256. The maximum Gasteiger partial charge on any atom is 0.408 e. The summed E-state index contributed by atoms with van der Waals surface area (Å²) in [6.45, 7) is 2.09. The Morgan fingerprint density at radius 2 is 1.83 bits per heavy atom. The first-order valence-corrected chi connectivity index (χ1v) is 18.5. The molecule has 15 nitrogen and oxygen atoms in total. The second kappa shape index (κ2) is 16.4. The first-order valence-electron chi connectivity index (χ1n) is 18.5. The highest BCUT2D eigenvalue weighted by Crippen LogP contribution is 2.34. The number of hydrogen-bond donors (Lipinski definition) is 7. The number of aromatic amines is 1. The molecule has 3 atom stereocenters. The number of anilines is 1. The number of aliphatic hydroxyl groups is 1. The summed E-state index contributed by atoms with van der Waals surface area (Å²) in [7, 11) is 0. The van der Waals surface area contributed by atoms with E-state index < -0.39 is 41.5 Å². The Morgan fingerprint density at radius 1 is 1.03 bits per heavy atom. The highest BCUT2D eigenvalue weighted by molar-refractivity contribution is 6.07. The van der Waals surface area contributed by atoms with E-state index in [0.29, 0.717) is 46.2 Å². The summed E-state index contributed by atoms with van der Waals surface area (Å²) in [6, 6.07) is 13.6. The van der Waals surface area contributed by atoms with E-state index in [2.05, 4.69) is 49.6 Å². The summed E-state index contributed by atoms with van der Waals surface area (Å²) in [5.74, 6) is 8.37. The molecule has 5 aromatic rings. The number of carboxylic acids is 1. The lowest BCUT2D eigenvalue weighted by molar-refractivity contribution is -0.141. The molecule has 0 aliphatic heterocycles. The van der Waals surface area contributed by atoms with Gasteiger partial charge in [-0.25, -0.2) is 14.6 Å². The summed E-state index contributed by atoms with van der Waals surface area (Å²) in [4.78, 5) is 70.5. The smallest absolute Gasteiger partial charge is 0.408 e. The van der Waals surface area contributed by atoms with Gasteiger partial charge in [0.2, 0.25) is 11.7 Å². The molecule has 58 heavy (non-hydrogen) atoms. The van der Waals surface area contributed by atoms with Crippen LogP contribution in [0.25, 0.3) is 32.4 Å². The van der Waals surface area contributed by atoms with E-state index in [1.54, 1.807) is 31.2 Å². The number of hydrogen-bond acceptors (Lipinski definition) is 10. The van der Waals surface area contributed by atoms with Crippen LogP contribution in [0.4, 0.5) is 10.5 Å².